The van der Waals surface area contributed by atoms with Crippen molar-refractivity contribution in [2.45, 2.75) is 51.4 Å². The summed E-state index contributed by atoms with van der Waals surface area (Å²) in [6.07, 6.45) is 4.71. The Morgan fingerprint density at radius 2 is 1.95 bits per heavy atom. The van der Waals surface area contributed by atoms with Crippen molar-refractivity contribution >= 4 is 17.7 Å². The Morgan fingerprint density at radius 3 is 2.57 bits per heavy atom. The lowest BCUT2D eigenvalue weighted by molar-refractivity contribution is 0.0420. The smallest absolute Gasteiger partial charge is 0.140 e. The van der Waals surface area contributed by atoms with Crippen LogP contribution in [0.5, 0.6) is 5.75 Å². The van der Waals surface area contributed by atoms with Crippen LogP contribution >= 0.6 is 11.6 Å². The predicted molar refractivity (Wildman–Crippen MR) is 84.2 cm³/mol. The molecule has 0 spiro atoms. The minimum atomic E-state index is -0.980. The molecule has 0 unspecified atom stereocenters. The van der Waals surface area contributed by atoms with Crippen LogP contribution in [0.2, 0.25) is 5.02 Å². The van der Waals surface area contributed by atoms with Crippen molar-refractivity contribution in [2.75, 3.05) is 0 Å². The maximum atomic E-state index is 9.88. The predicted octanol–water partition coefficient (Wildman–Crippen LogP) is 2.85. The molecule has 4 nitrogen and oxygen atoms in total. The summed E-state index contributed by atoms with van der Waals surface area (Å²) in [5.74, 6) is -0.167. The summed E-state index contributed by atoms with van der Waals surface area (Å²) in [6.45, 7) is 1.72. The van der Waals surface area contributed by atoms with Gasteiger partial charge in [-0.25, -0.2) is 0 Å². The third kappa shape index (κ3) is 5.32. The molecule has 118 valence electrons. The van der Waals surface area contributed by atoms with Crippen molar-refractivity contribution in [1.29, 1.82) is 0 Å². The number of rotatable bonds is 8. The minimum absolute atomic E-state index is 0.163. The molecule has 1 aromatic carbocycles. The van der Waals surface area contributed by atoms with Crippen molar-refractivity contribution in [3.05, 3.63) is 34.4 Å². The molecule has 0 aliphatic rings. The first-order valence-corrected chi connectivity index (χ1v) is 7.54. The zero-order valence-electron chi connectivity index (χ0n) is 12.2. The number of unbranched alkanes of at least 4 members (excludes halogenated alkanes) is 2. The summed E-state index contributed by atoms with van der Waals surface area (Å²) >= 11 is 5.77. The van der Waals surface area contributed by atoms with Crippen LogP contribution in [0.1, 0.15) is 43.7 Å². The van der Waals surface area contributed by atoms with E-state index in [4.69, 9.17) is 11.6 Å². The third-order valence-corrected chi connectivity index (χ3v) is 3.70. The normalized spacial score (nSPS) is 14.5. The summed E-state index contributed by atoms with van der Waals surface area (Å²) < 4.78 is 0. The van der Waals surface area contributed by atoms with E-state index in [-0.39, 0.29) is 17.4 Å². The quantitative estimate of drug-likeness (QED) is 0.556. The number of aliphatic hydroxyl groups excluding tert-OH is 3. The number of hydrogen-bond donors (Lipinski definition) is 4. The van der Waals surface area contributed by atoms with Gasteiger partial charge in [-0.05, 0) is 18.1 Å². The fourth-order valence-corrected chi connectivity index (χ4v) is 2.23. The first kappa shape index (κ1) is 18.0. The van der Waals surface area contributed by atoms with Crippen molar-refractivity contribution in [3.8, 4) is 5.75 Å². The lowest BCUT2D eigenvalue weighted by atomic mass is 10.0. The fourth-order valence-electron chi connectivity index (χ4n) is 2.05. The zero-order valence-corrected chi connectivity index (χ0v) is 12.9. The van der Waals surface area contributed by atoms with Crippen molar-refractivity contribution in [2.24, 2.45) is 0 Å². The summed E-state index contributed by atoms with van der Waals surface area (Å²) in [5, 5.41) is 38.9. The van der Waals surface area contributed by atoms with Crippen LogP contribution in [0.4, 0.5) is 0 Å². The zero-order chi connectivity index (χ0) is 15.8. The van der Waals surface area contributed by atoms with Crippen LogP contribution in [0, 0.1) is 0 Å². The molecule has 0 saturated heterocycles. The summed E-state index contributed by atoms with van der Waals surface area (Å²) in [5.41, 5.74) is 0.852. The molecule has 1 aromatic rings. The first-order chi connectivity index (χ1) is 10.0. The van der Waals surface area contributed by atoms with Crippen molar-refractivity contribution < 1.29 is 20.4 Å². The summed E-state index contributed by atoms with van der Waals surface area (Å²) in [6, 6.07) is 3.15. The van der Waals surface area contributed by atoms with Crippen LogP contribution in [0.15, 0.2) is 18.2 Å². The second-order valence-corrected chi connectivity index (χ2v) is 5.44. The van der Waals surface area contributed by atoms with Gasteiger partial charge in [-0.15, -0.1) is 0 Å². The van der Waals surface area contributed by atoms with Gasteiger partial charge in [0.2, 0.25) is 0 Å². The highest BCUT2D eigenvalue weighted by Gasteiger charge is 2.13. The molecule has 21 heavy (non-hydrogen) atoms. The number of hydrogen-bond acceptors (Lipinski definition) is 4. The van der Waals surface area contributed by atoms with Gasteiger partial charge in [0.1, 0.15) is 5.75 Å². The lowest BCUT2D eigenvalue weighted by Gasteiger charge is -2.14. The van der Waals surface area contributed by atoms with E-state index < -0.39 is 12.2 Å². The Labute approximate surface area is 130 Å². The molecule has 0 bridgehead atoms. The molecule has 0 radical (unpaired) electrons. The van der Waals surface area contributed by atoms with Gasteiger partial charge >= 0.3 is 0 Å². The van der Waals surface area contributed by atoms with E-state index >= 15 is 0 Å². The van der Waals surface area contributed by atoms with Crippen LogP contribution < -0.4 is 0 Å². The fraction of sp³-hybridized carbons (Fsp3) is 0.500. The van der Waals surface area contributed by atoms with E-state index in [1.54, 1.807) is 12.1 Å². The second kappa shape index (κ2) is 9.05. The molecule has 0 heterocycles. The van der Waals surface area contributed by atoms with Gasteiger partial charge < -0.3 is 20.4 Å². The van der Waals surface area contributed by atoms with Gasteiger partial charge in [0, 0.05) is 5.56 Å². The molecule has 1 rings (SSSR count). The molecule has 0 aromatic heterocycles. The SMILES string of the molecule is CCCCC[C@H](O)[C@H](O)/C=C/c1ccc(Cl)c(O)c1CO. The van der Waals surface area contributed by atoms with Crippen molar-refractivity contribution in [3.63, 3.8) is 0 Å². The number of halogens is 1. The largest absolute Gasteiger partial charge is 0.506 e. The number of benzene rings is 1. The van der Waals surface area contributed by atoms with Gasteiger partial charge in [0.15, 0.2) is 0 Å². The molecular formula is C16H23ClO4. The van der Waals surface area contributed by atoms with Gasteiger partial charge in [-0.1, -0.05) is 56.0 Å². The highest BCUT2D eigenvalue weighted by Crippen LogP contribution is 2.30. The summed E-state index contributed by atoms with van der Waals surface area (Å²) in [7, 11) is 0. The van der Waals surface area contributed by atoms with E-state index in [9.17, 15) is 20.4 Å². The Kier molecular flexibility index (Phi) is 7.75. The number of phenols is 1. The molecule has 0 aliphatic heterocycles. The molecule has 5 heteroatoms. The molecule has 0 fully saturated rings. The summed E-state index contributed by atoms with van der Waals surface area (Å²) in [4.78, 5) is 0. The lowest BCUT2D eigenvalue weighted by Crippen LogP contribution is -2.23. The van der Waals surface area contributed by atoms with E-state index in [2.05, 4.69) is 6.92 Å². The van der Waals surface area contributed by atoms with Crippen LogP contribution in [0.25, 0.3) is 6.08 Å². The molecular weight excluding hydrogens is 292 g/mol. The number of aromatic hydroxyl groups is 1. The highest BCUT2D eigenvalue weighted by molar-refractivity contribution is 6.32. The average Bonchev–Trinajstić information content (AvgIpc) is 2.48. The van der Waals surface area contributed by atoms with Gasteiger partial charge in [-0.3, -0.25) is 0 Å². The average molecular weight is 315 g/mol. The van der Waals surface area contributed by atoms with Crippen LogP contribution in [0.3, 0.4) is 0 Å². The Bertz CT molecular complexity index is 474. The van der Waals surface area contributed by atoms with Crippen LogP contribution in [-0.4, -0.2) is 32.6 Å². The Balaban J connectivity index is 2.74. The standard InChI is InChI=1S/C16H23ClO4/c1-2-3-4-5-14(19)15(20)9-7-11-6-8-13(17)16(21)12(11)10-18/h6-9,14-15,18-21H,2-5,10H2,1H3/b9-7+/t14-,15+/m0/s1. The van der Waals surface area contributed by atoms with E-state index in [1.165, 1.54) is 12.1 Å². The Morgan fingerprint density at radius 1 is 1.24 bits per heavy atom. The number of aliphatic hydroxyl groups is 3. The molecule has 0 amide bonds. The maximum Gasteiger partial charge on any atom is 0.140 e. The van der Waals surface area contributed by atoms with Gasteiger partial charge in [0.05, 0.1) is 23.8 Å². The van der Waals surface area contributed by atoms with Crippen molar-refractivity contribution in [1.82, 2.24) is 0 Å². The first-order valence-electron chi connectivity index (χ1n) is 7.16. The monoisotopic (exact) mass is 314 g/mol. The maximum absolute atomic E-state index is 9.88. The van der Waals surface area contributed by atoms with E-state index in [1.807, 2.05) is 0 Å². The highest BCUT2D eigenvalue weighted by atomic mass is 35.5. The second-order valence-electron chi connectivity index (χ2n) is 5.03. The van der Waals surface area contributed by atoms with E-state index in [0.717, 1.165) is 19.3 Å². The topological polar surface area (TPSA) is 80.9 Å². The van der Waals surface area contributed by atoms with Crippen LogP contribution in [-0.2, 0) is 6.61 Å². The van der Waals surface area contributed by atoms with Gasteiger partial charge in [0.25, 0.3) is 0 Å². The van der Waals surface area contributed by atoms with Gasteiger partial charge in [-0.2, -0.15) is 0 Å². The third-order valence-electron chi connectivity index (χ3n) is 3.40. The molecule has 2 atom stereocenters. The minimum Gasteiger partial charge on any atom is -0.506 e. The molecule has 0 saturated carbocycles. The Hall–Kier alpha value is -1.07. The molecule has 0 aliphatic carbocycles. The van der Waals surface area contributed by atoms with E-state index in [0.29, 0.717) is 17.5 Å². The molecule has 4 N–H and O–H groups in total.